The molecule has 15 atom stereocenters. The molecule has 1 amide bonds. The topological polar surface area (TPSA) is 233 Å². The first-order valence-corrected chi connectivity index (χ1v) is 28.3. The number of methoxy groups -OCH3 is 2. The van der Waals surface area contributed by atoms with Crippen LogP contribution in [-0.4, -0.2) is 144 Å². The van der Waals surface area contributed by atoms with E-state index in [2.05, 4.69) is 5.16 Å². The number of hydrogen-bond donors (Lipinski definition) is 3. The molecule has 18 heteroatoms. The number of allylic oxidation sites excluding steroid dienone is 6. The molecule has 1 aromatic heterocycles. The third-order valence-corrected chi connectivity index (χ3v) is 18.4. The van der Waals surface area contributed by atoms with Crippen molar-refractivity contribution in [3.05, 3.63) is 59.1 Å². The van der Waals surface area contributed by atoms with Crippen LogP contribution >= 0.6 is 0 Å². The van der Waals surface area contributed by atoms with Crippen molar-refractivity contribution in [1.82, 2.24) is 14.4 Å². The number of carbonyl (C=O) groups excluding carboxylic acids is 4. The Kier molecular flexibility index (Phi) is 22.2. The fraction of sp³-hybridized carbons (Fsp3) is 0.732. The number of hydrogen-bond acceptors (Lipinski definition) is 15. The Balaban J connectivity index is 1.52. The molecule has 2 bridgehead atoms. The van der Waals surface area contributed by atoms with Crippen molar-refractivity contribution in [3.8, 4) is 0 Å². The minimum atomic E-state index is -4.23. The Bertz CT molecular complexity index is 2310. The van der Waals surface area contributed by atoms with Crippen LogP contribution in [0.5, 0.6) is 0 Å². The molecule has 1 aromatic rings. The molecule has 3 N–H and O–H groups in total. The van der Waals surface area contributed by atoms with Gasteiger partial charge in [-0.25, -0.2) is 13.2 Å². The zero-order valence-electron chi connectivity index (χ0n) is 46.0. The van der Waals surface area contributed by atoms with Crippen molar-refractivity contribution < 1.29 is 66.4 Å². The third kappa shape index (κ3) is 14.8. The predicted molar refractivity (Wildman–Crippen MR) is 279 cm³/mol. The summed E-state index contributed by atoms with van der Waals surface area (Å²) in [6.45, 7) is 16.2. The number of carbonyl (C=O) groups is 4. The highest BCUT2D eigenvalue weighted by Crippen LogP contribution is 2.39. The van der Waals surface area contributed by atoms with E-state index in [4.69, 9.17) is 23.5 Å². The first-order valence-electron chi connectivity index (χ1n) is 26.9. The summed E-state index contributed by atoms with van der Waals surface area (Å²) < 4.78 is 59.1. The Hall–Kier alpha value is -3.88. The second-order valence-corrected chi connectivity index (χ2v) is 24.1. The number of esters is 1. The molecule has 0 aromatic carbocycles. The van der Waals surface area contributed by atoms with E-state index >= 15 is 0 Å². The standard InChI is InChI=1S/C56H87N3O14S/c1-33-18-14-13-15-19-35(3)45(58(10)74(67,68)52-40(8)57-73-41(52)9)32-43-24-22-39(7)56(66,72-43)53(63)54(64)59-27-17-16-20-44(59)55(65)71-47(36(4)30-42-23-25-46(60)48(31-42)69-11)26-21-34(2)29-38(6)50(62)51(70-12)49(61)37(5)28-33/h13-15,18-19,29,33-34,36-37,39,42-48,50-51,60,62,66H,16-17,20-28,30-32H2,1-12H3/b15-13+,18-14+,35-19+,38-29+/t33-,34+,36-,37?,39?,42?,43+,44?,45-,46-,47+,48?,50?,51+,56?/m1/s1. The average Bonchev–Trinajstić information content (AvgIpc) is 3.72. The van der Waals surface area contributed by atoms with Crippen LogP contribution in [0.3, 0.4) is 0 Å². The Morgan fingerprint density at radius 3 is 2.24 bits per heavy atom. The van der Waals surface area contributed by atoms with Gasteiger partial charge in [-0.1, -0.05) is 81.8 Å². The minimum Gasteiger partial charge on any atom is -0.461 e. The molecule has 0 radical (unpaired) electrons. The van der Waals surface area contributed by atoms with Gasteiger partial charge >= 0.3 is 5.97 Å². The van der Waals surface area contributed by atoms with Gasteiger partial charge in [0.2, 0.25) is 15.8 Å². The van der Waals surface area contributed by atoms with Gasteiger partial charge in [-0.05, 0) is 140 Å². The summed E-state index contributed by atoms with van der Waals surface area (Å²) in [4.78, 5) is 58.6. The normalized spacial score (nSPS) is 37.2. The SMILES string of the molecule is COC1CC(C[C@@H](C)[C@@H]2CC[C@H](C)/C=C(\C)C(O)[C@@H](OC)C(=O)C(C)C[C@H](C)/C=C/C=C/C=C(\C)[C@H](N(C)S(=O)(=O)c3c(C)noc3C)C[C@@H]3CCC(C)C(O)(O3)C(=O)C(=O)N3CCCCC3C(=O)O2)CC[C@H]1O. The quantitative estimate of drug-likeness (QED) is 0.132. The maximum atomic E-state index is 14.6. The number of rotatable bonds is 8. The first-order chi connectivity index (χ1) is 34.8. The Morgan fingerprint density at radius 2 is 1.58 bits per heavy atom. The first kappa shape index (κ1) is 61.0. The predicted octanol–water partition coefficient (Wildman–Crippen LogP) is 7.28. The van der Waals surface area contributed by atoms with Gasteiger partial charge in [-0.3, -0.25) is 14.4 Å². The molecule has 416 valence electrons. The van der Waals surface area contributed by atoms with Crippen LogP contribution in [0.25, 0.3) is 0 Å². The zero-order chi connectivity index (χ0) is 54.8. The molecule has 3 aliphatic heterocycles. The van der Waals surface area contributed by atoms with Crippen LogP contribution in [-0.2, 0) is 48.1 Å². The number of fused-ring (bicyclic) bond motifs is 3. The number of likely N-dealkylation sites (N-methyl/N-ethyl adjacent to an activating group) is 1. The van der Waals surface area contributed by atoms with Crippen LogP contribution < -0.4 is 0 Å². The van der Waals surface area contributed by atoms with Crippen molar-refractivity contribution in [2.75, 3.05) is 27.8 Å². The number of Topliss-reactive ketones (excluding diaryl/α,β-unsaturated/α-hetero) is 2. The van der Waals surface area contributed by atoms with E-state index in [1.54, 1.807) is 53.0 Å². The second-order valence-electron chi connectivity index (χ2n) is 22.2. The lowest BCUT2D eigenvalue weighted by atomic mass is 9.78. The van der Waals surface area contributed by atoms with Gasteiger partial charge in [-0.15, -0.1) is 0 Å². The number of ketones is 2. The number of nitrogens with zero attached hydrogens (tertiary/aromatic N) is 3. The highest BCUT2D eigenvalue weighted by molar-refractivity contribution is 7.89. The van der Waals surface area contributed by atoms with Crippen LogP contribution in [0.15, 0.2) is 57.0 Å². The molecule has 4 aliphatic rings. The number of aliphatic hydroxyl groups excluding tert-OH is 2. The van der Waals surface area contributed by atoms with Crippen LogP contribution in [0.4, 0.5) is 0 Å². The number of sulfonamides is 1. The van der Waals surface area contributed by atoms with Gasteiger partial charge in [0.1, 0.15) is 34.9 Å². The van der Waals surface area contributed by atoms with Gasteiger partial charge in [0.25, 0.3) is 11.7 Å². The maximum Gasteiger partial charge on any atom is 0.329 e. The van der Waals surface area contributed by atoms with Gasteiger partial charge in [-0.2, -0.15) is 4.31 Å². The van der Waals surface area contributed by atoms with Crippen molar-refractivity contribution in [1.29, 1.82) is 0 Å². The lowest BCUT2D eigenvalue weighted by molar-refractivity contribution is -0.264. The summed E-state index contributed by atoms with van der Waals surface area (Å²) >= 11 is 0. The molecule has 4 heterocycles. The van der Waals surface area contributed by atoms with Crippen molar-refractivity contribution in [2.45, 2.75) is 205 Å². The lowest BCUT2D eigenvalue weighted by Crippen LogP contribution is -2.61. The van der Waals surface area contributed by atoms with E-state index in [1.165, 1.54) is 30.3 Å². The van der Waals surface area contributed by atoms with Crippen LogP contribution in [0, 0.1) is 49.4 Å². The number of ether oxygens (including phenoxy) is 4. The summed E-state index contributed by atoms with van der Waals surface area (Å²) in [6, 6.07) is -1.98. The molecule has 0 spiro atoms. The lowest BCUT2D eigenvalue weighted by Gasteiger charge is -2.43. The number of aryl methyl sites for hydroxylation is 2. The number of aliphatic hydroxyl groups is 3. The van der Waals surface area contributed by atoms with Crippen LogP contribution in [0.2, 0.25) is 0 Å². The van der Waals surface area contributed by atoms with E-state index < -0.39 is 87.9 Å². The van der Waals surface area contributed by atoms with Gasteiger partial charge < -0.3 is 43.7 Å². The summed E-state index contributed by atoms with van der Waals surface area (Å²) in [7, 11) is 0.225. The molecule has 1 saturated carbocycles. The minimum absolute atomic E-state index is 0.00119. The maximum absolute atomic E-state index is 14.6. The van der Waals surface area contributed by atoms with E-state index in [0.29, 0.717) is 68.9 Å². The van der Waals surface area contributed by atoms with Crippen molar-refractivity contribution in [3.63, 3.8) is 0 Å². The highest BCUT2D eigenvalue weighted by Gasteiger charge is 2.53. The second kappa shape index (κ2) is 26.9. The van der Waals surface area contributed by atoms with Gasteiger partial charge in [0.15, 0.2) is 11.5 Å². The summed E-state index contributed by atoms with van der Waals surface area (Å²) in [5, 5.41) is 38.3. The molecular weight excluding hydrogens is 971 g/mol. The zero-order valence-corrected chi connectivity index (χ0v) is 46.8. The number of amides is 1. The number of piperidine rings is 1. The smallest absolute Gasteiger partial charge is 0.329 e. The summed E-state index contributed by atoms with van der Waals surface area (Å²) in [6.07, 6.45) is 12.5. The summed E-state index contributed by atoms with van der Waals surface area (Å²) in [5.41, 5.74) is 1.37. The fourth-order valence-corrected chi connectivity index (χ4v) is 13.3. The van der Waals surface area contributed by atoms with Crippen molar-refractivity contribution in [2.24, 2.45) is 35.5 Å². The molecule has 3 fully saturated rings. The Morgan fingerprint density at radius 1 is 0.865 bits per heavy atom. The molecule has 17 nitrogen and oxygen atoms in total. The summed E-state index contributed by atoms with van der Waals surface area (Å²) in [5.74, 6) is -7.00. The van der Waals surface area contributed by atoms with Crippen LogP contribution in [0.1, 0.15) is 143 Å². The molecule has 1 aliphatic carbocycles. The molecular formula is C56H87N3O14S. The van der Waals surface area contributed by atoms with E-state index in [0.717, 1.165) is 6.42 Å². The number of cyclic esters (lactones) is 1. The van der Waals surface area contributed by atoms with Gasteiger partial charge in [0, 0.05) is 45.7 Å². The van der Waals surface area contributed by atoms with Gasteiger partial charge in [0.05, 0.1) is 18.3 Å². The largest absolute Gasteiger partial charge is 0.461 e. The average molecular weight is 1060 g/mol. The monoisotopic (exact) mass is 1060 g/mol. The third-order valence-electron chi connectivity index (χ3n) is 16.3. The van der Waals surface area contributed by atoms with E-state index in [1.807, 2.05) is 45.9 Å². The Labute approximate surface area is 440 Å². The number of aromatic nitrogens is 1. The highest BCUT2D eigenvalue weighted by atomic mass is 32.2. The molecule has 74 heavy (non-hydrogen) atoms. The molecule has 5 rings (SSSR count). The van der Waals surface area contributed by atoms with E-state index in [-0.39, 0.29) is 77.7 Å². The van der Waals surface area contributed by atoms with Crippen molar-refractivity contribution >= 4 is 33.5 Å². The molecule has 2 saturated heterocycles. The van der Waals surface area contributed by atoms with E-state index in [9.17, 15) is 42.9 Å². The fourth-order valence-electron chi connectivity index (χ4n) is 11.6. The molecule has 7 unspecified atom stereocenters.